The molecule has 30 heavy (non-hydrogen) atoms. The van der Waals surface area contributed by atoms with Crippen LogP contribution in [0.15, 0.2) is 24.4 Å². The number of fused-ring (bicyclic) bond motifs is 1. The number of rotatable bonds is 3. The number of carboxylic acid groups (broad SMARTS) is 1. The number of amides is 1. The van der Waals surface area contributed by atoms with E-state index in [0.717, 1.165) is 18.3 Å². The molecule has 1 aliphatic heterocycles. The third-order valence-electron chi connectivity index (χ3n) is 4.90. The molecular formula is C19H16ClF3N4O3. The average Bonchev–Trinajstić information content (AvgIpc) is 2.98. The Labute approximate surface area is 173 Å². The topological polar surface area (TPSA) is 93.1 Å². The predicted molar refractivity (Wildman–Crippen MR) is 103 cm³/mol. The molecule has 3 N–H and O–H groups in total. The standard InChI is InChI=1S/C19H16ClF3N4O3/c20-11-6-16-25-18(17-12(21)3-9(24)4-13(17)22)15(27(16)8-14(11)23)5-10-7-26(19(28)29)1-2-30-10/h3-4,6,8,10H,1-2,5,7,24H2,(H,28,29)/t10-/m0/s1. The van der Waals surface area contributed by atoms with E-state index in [1.165, 1.54) is 15.4 Å². The molecule has 1 fully saturated rings. The van der Waals surface area contributed by atoms with Crippen molar-refractivity contribution in [2.75, 3.05) is 25.4 Å². The molecule has 0 bridgehead atoms. The van der Waals surface area contributed by atoms with E-state index < -0.39 is 35.2 Å². The number of imidazole rings is 1. The van der Waals surface area contributed by atoms with E-state index in [1.54, 1.807) is 0 Å². The molecule has 3 heterocycles. The molecule has 4 rings (SSSR count). The molecule has 3 aromatic rings. The fourth-order valence-electron chi connectivity index (χ4n) is 3.53. The van der Waals surface area contributed by atoms with Gasteiger partial charge < -0.3 is 24.9 Å². The van der Waals surface area contributed by atoms with Crippen molar-refractivity contribution >= 4 is 29.0 Å². The summed E-state index contributed by atoms with van der Waals surface area (Å²) in [7, 11) is 0. The smallest absolute Gasteiger partial charge is 0.407 e. The second kappa shape index (κ2) is 7.69. The summed E-state index contributed by atoms with van der Waals surface area (Å²) in [6, 6.07) is 3.16. The van der Waals surface area contributed by atoms with E-state index in [9.17, 15) is 23.1 Å². The van der Waals surface area contributed by atoms with E-state index in [1.807, 2.05) is 0 Å². The predicted octanol–water partition coefficient (Wildman–Crippen LogP) is 3.58. The number of hydrogen-bond donors (Lipinski definition) is 2. The maximum absolute atomic E-state index is 14.6. The van der Waals surface area contributed by atoms with Gasteiger partial charge in [0.05, 0.1) is 41.2 Å². The lowest BCUT2D eigenvalue weighted by Gasteiger charge is -2.31. The Morgan fingerprint density at radius 1 is 1.27 bits per heavy atom. The second-order valence-corrected chi connectivity index (χ2v) is 7.30. The van der Waals surface area contributed by atoms with Crippen LogP contribution in [-0.4, -0.2) is 51.3 Å². The minimum absolute atomic E-state index is 0.0324. The van der Waals surface area contributed by atoms with Gasteiger partial charge in [0.2, 0.25) is 0 Å². The van der Waals surface area contributed by atoms with Gasteiger partial charge in [-0.25, -0.2) is 22.9 Å². The highest BCUT2D eigenvalue weighted by atomic mass is 35.5. The molecule has 2 aromatic heterocycles. The SMILES string of the molecule is Nc1cc(F)c(-c2nc3cc(Cl)c(F)cn3c2C[C@H]2CN(C(=O)O)CCO2)c(F)c1. The zero-order chi connectivity index (χ0) is 21.6. The van der Waals surface area contributed by atoms with Crippen LogP contribution in [0.4, 0.5) is 23.7 Å². The number of pyridine rings is 1. The van der Waals surface area contributed by atoms with Gasteiger partial charge in [0.15, 0.2) is 5.82 Å². The first-order valence-electron chi connectivity index (χ1n) is 8.95. The van der Waals surface area contributed by atoms with E-state index in [0.29, 0.717) is 0 Å². The quantitative estimate of drug-likeness (QED) is 0.607. The zero-order valence-corrected chi connectivity index (χ0v) is 16.2. The summed E-state index contributed by atoms with van der Waals surface area (Å²) in [4.78, 5) is 16.7. The molecule has 0 radical (unpaired) electrons. The van der Waals surface area contributed by atoms with Crippen molar-refractivity contribution in [1.82, 2.24) is 14.3 Å². The molecule has 7 nitrogen and oxygen atoms in total. The first-order chi connectivity index (χ1) is 14.2. The molecule has 0 saturated carbocycles. The van der Waals surface area contributed by atoms with Crippen LogP contribution in [0.5, 0.6) is 0 Å². The molecule has 0 spiro atoms. The molecule has 1 aromatic carbocycles. The molecular weight excluding hydrogens is 425 g/mol. The normalized spacial score (nSPS) is 16.9. The Bertz CT molecular complexity index is 1130. The van der Waals surface area contributed by atoms with Gasteiger partial charge in [0, 0.05) is 30.9 Å². The zero-order valence-electron chi connectivity index (χ0n) is 15.4. The molecule has 0 unspecified atom stereocenters. The van der Waals surface area contributed by atoms with Gasteiger partial charge in [-0.05, 0) is 12.1 Å². The van der Waals surface area contributed by atoms with E-state index in [2.05, 4.69) is 4.98 Å². The highest BCUT2D eigenvalue weighted by molar-refractivity contribution is 6.31. The minimum Gasteiger partial charge on any atom is -0.465 e. The van der Waals surface area contributed by atoms with Crippen LogP contribution >= 0.6 is 11.6 Å². The number of hydrogen-bond acceptors (Lipinski definition) is 4. The first kappa shape index (κ1) is 20.3. The number of benzene rings is 1. The van der Waals surface area contributed by atoms with Crippen molar-refractivity contribution in [2.24, 2.45) is 0 Å². The van der Waals surface area contributed by atoms with Crippen LogP contribution in [-0.2, 0) is 11.2 Å². The maximum atomic E-state index is 14.6. The lowest BCUT2D eigenvalue weighted by Crippen LogP contribution is -2.45. The number of carbonyl (C=O) groups is 1. The van der Waals surface area contributed by atoms with Gasteiger partial charge in [-0.15, -0.1) is 0 Å². The lowest BCUT2D eigenvalue weighted by atomic mass is 10.0. The van der Waals surface area contributed by atoms with Crippen LogP contribution in [0.3, 0.4) is 0 Å². The van der Waals surface area contributed by atoms with Crippen LogP contribution in [0.25, 0.3) is 16.9 Å². The third-order valence-corrected chi connectivity index (χ3v) is 5.18. The van der Waals surface area contributed by atoms with Crippen LogP contribution in [0.1, 0.15) is 5.69 Å². The number of nitrogens with two attached hydrogens (primary N) is 1. The molecule has 1 atom stereocenters. The fraction of sp³-hybridized carbons (Fsp3) is 0.263. The number of nitrogen functional groups attached to an aromatic ring is 1. The monoisotopic (exact) mass is 440 g/mol. The summed E-state index contributed by atoms with van der Waals surface area (Å²) in [6.07, 6.45) is -0.624. The first-order valence-corrected chi connectivity index (χ1v) is 9.32. The van der Waals surface area contributed by atoms with E-state index >= 15 is 0 Å². The average molecular weight is 441 g/mol. The number of nitrogens with zero attached hydrogens (tertiary/aromatic N) is 3. The Morgan fingerprint density at radius 3 is 2.63 bits per heavy atom. The van der Waals surface area contributed by atoms with Gasteiger partial charge in [-0.1, -0.05) is 11.6 Å². The van der Waals surface area contributed by atoms with Gasteiger partial charge in [-0.2, -0.15) is 0 Å². The molecule has 11 heteroatoms. The van der Waals surface area contributed by atoms with Gasteiger partial charge in [0.25, 0.3) is 0 Å². The van der Waals surface area contributed by atoms with E-state index in [4.69, 9.17) is 22.1 Å². The van der Waals surface area contributed by atoms with Gasteiger partial charge in [0.1, 0.15) is 17.3 Å². The van der Waals surface area contributed by atoms with Gasteiger partial charge >= 0.3 is 6.09 Å². The Balaban J connectivity index is 1.86. The van der Waals surface area contributed by atoms with Crippen LogP contribution < -0.4 is 5.73 Å². The third kappa shape index (κ3) is 3.63. The summed E-state index contributed by atoms with van der Waals surface area (Å²) in [6.45, 7) is 0.413. The summed E-state index contributed by atoms with van der Waals surface area (Å²) < 4.78 is 50.3. The molecule has 1 amide bonds. The summed E-state index contributed by atoms with van der Waals surface area (Å²) in [5, 5.41) is 9.03. The van der Waals surface area contributed by atoms with Crippen LogP contribution in [0, 0.1) is 17.5 Å². The van der Waals surface area contributed by atoms with Crippen molar-refractivity contribution in [3.05, 3.63) is 52.6 Å². The Kier molecular flexibility index (Phi) is 5.20. The number of ether oxygens (including phenoxy) is 1. The fourth-order valence-corrected chi connectivity index (χ4v) is 3.68. The molecule has 0 aliphatic carbocycles. The van der Waals surface area contributed by atoms with Crippen molar-refractivity contribution in [1.29, 1.82) is 0 Å². The van der Waals surface area contributed by atoms with Crippen molar-refractivity contribution < 1.29 is 27.8 Å². The number of aromatic nitrogens is 2. The summed E-state index contributed by atoms with van der Waals surface area (Å²) in [5.41, 5.74) is 5.33. The Morgan fingerprint density at radius 2 is 1.97 bits per heavy atom. The van der Waals surface area contributed by atoms with Crippen LogP contribution in [0.2, 0.25) is 5.02 Å². The van der Waals surface area contributed by atoms with E-state index in [-0.39, 0.29) is 53.9 Å². The molecule has 1 saturated heterocycles. The van der Waals surface area contributed by atoms with Crippen molar-refractivity contribution in [3.8, 4) is 11.3 Å². The lowest BCUT2D eigenvalue weighted by molar-refractivity contribution is -0.0214. The molecule has 158 valence electrons. The highest BCUT2D eigenvalue weighted by Crippen LogP contribution is 2.33. The second-order valence-electron chi connectivity index (χ2n) is 6.89. The Hall–Kier alpha value is -2.98. The highest BCUT2D eigenvalue weighted by Gasteiger charge is 2.28. The minimum atomic E-state index is -1.10. The number of morpholine rings is 1. The number of halogens is 4. The number of anilines is 1. The summed E-state index contributed by atoms with van der Waals surface area (Å²) in [5.74, 6) is -2.61. The molecule has 1 aliphatic rings. The van der Waals surface area contributed by atoms with Crippen molar-refractivity contribution in [3.63, 3.8) is 0 Å². The van der Waals surface area contributed by atoms with Gasteiger partial charge in [-0.3, -0.25) is 0 Å². The largest absolute Gasteiger partial charge is 0.465 e. The maximum Gasteiger partial charge on any atom is 0.407 e. The van der Waals surface area contributed by atoms with Crippen molar-refractivity contribution in [2.45, 2.75) is 12.5 Å². The summed E-state index contributed by atoms with van der Waals surface area (Å²) >= 11 is 5.83.